The molecule has 0 unspecified atom stereocenters. The van der Waals surface area contributed by atoms with Gasteiger partial charge in [-0.05, 0) is 47.0 Å². The Balaban J connectivity index is 1.71. The lowest BCUT2D eigenvalue weighted by molar-refractivity contribution is -0.140. The van der Waals surface area contributed by atoms with Crippen molar-refractivity contribution in [2.75, 3.05) is 33.9 Å². The Morgan fingerprint density at radius 1 is 0.941 bits per heavy atom. The minimum atomic E-state index is -0.0877. The van der Waals surface area contributed by atoms with Crippen molar-refractivity contribution in [3.63, 3.8) is 0 Å². The Hall–Kier alpha value is -3.10. The van der Waals surface area contributed by atoms with Crippen LogP contribution < -0.4 is 9.47 Å². The van der Waals surface area contributed by atoms with E-state index in [9.17, 15) is 9.59 Å². The largest absolute Gasteiger partial charge is 0.493 e. The smallest absolute Gasteiger partial charge is 0.242 e. The lowest BCUT2D eigenvalue weighted by Gasteiger charge is -2.27. The highest BCUT2D eigenvalue weighted by Crippen LogP contribution is 2.28. The van der Waals surface area contributed by atoms with Crippen LogP contribution in [0.5, 0.6) is 11.5 Å². The van der Waals surface area contributed by atoms with E-state index in [4.69, 9.17) is 9.47 Å². The first-order valence-electron chi connectivity index (χ1n) is 11.0. The number of carbonyl (C=O) groups is 2. The first-order chi connectivity index (χ1) is 16.5. The third kappa shape index (κ3) is 7.20. The van der Waals surface area contributed by atoms with Crippen LogP contribution in [0.4, 0.5) is 0 Å². The van der Waals surface area contributed by atoms with Gasteiger partial charge in [-0.3, -0.25) is 9.59 Å². The zero-order valence-corrected chi connectivity index (χ0v) is 21.2. The molecule has 3 rings (SSSR count). The number of benzene rings is 1. The van der Waals surface area contributed by atoms with Crippen molar-refractivity contribution in [1.29, 1.82) is 0 Å². The maximum Gasteiger partial charge on any atom is 0.242 e. The predicted octanol–water partition coefficient (Wildman–Crippen LogP) is 4.66. The molecule has 0 N–H and O–H groups in total. The molecule has 0 aliphatic rings. The van der Waals surface area contributed by atoms with E-state index in [1.54, 1.807) is 36.5 Å². The highest BCUT2D eigenvalue weighted by atomic mass is 32.1. The summed E-state index contributed by atoms with van der Waals surface area (Å²) in [6.07, 6.45) is 2.60. The fourth-order valence-corrected chi connectivity index (χ4v) is 4.95. The lowest BCUT2D eigenvalue weighted by Crippen LogP contribution is -2.43. The van der Waals surface area contributed by atoms with E-state index >= 15 is 0 Å². The molecule has 2 aromatic heterocycles. The Morgan fingerprint density at radius 3 is 2.26 bits per heavy atom. The molecule has 0 spiro atoms. The predicted molar refractivity (Wildman–Crippen MR) is 138 cm³/mol. The van der Waals surface area contributed by atoms with E-state index < -0.39 is 0 Å². The fourth-order valence-electron chi connectivity index (χ4n) is 3.53. The average Bonchev–Trinajstić information content (AvgIpc) is 3.55. The number of methoxy groups -OCH3 is 2. The van der Waals surface area contributed by atoms with Crippen molar-refractivity contribution in [2.24, 2.45) is 0 Å². The number of amides is 2. The molecule has 8 heteroatoms. The van der Waals surface area contributed by atoms with E-state index in [0.29, 0.717) is 37.6 Å². The van der Waals surface area contributed by atoms with Crippen LogP contribution in [0, 0.1) is 0 Å². The van der Waals surface area contributed by atoms with Gasteiger partial charge < -0.3 is 19.3 Å². The minimum Gasteiger partial charge on any atom is -0.493 e. The molecular weight excluding hydrogens is 468 g/mol. The molecule has 34 heavy (non-hydrogen) atoms. The number of carbonyl (C=O) groups excluding carboxylic acids is 2. The van der Waals surface area contributed by atoms with Crippen LogP contribution in [0.3, 0.4) is 0 Å². The highest BCUT2D eigenvalue weighted by molar-refractivity contribution is 7.10. The van der Waals surface area contributed by atoms with E-state index in [2.05, 4.69) is 6.58 Å². The number of hydrogen-bond acceptors (Lipinski definition) is 6. The van der Waals surface area contributed by atoms with Crippen molar-refractivity contribution in [3.8, 4) is 11.5 Å². The number of thiophene rings is 2. The molecule has 2 amide bonds. The Labute approximate surface area is 209 Å². The normalized spacial score (nSPS) is 10.5. The fraction of sp³-hybridized carbons (Fsp3) is 0.308. The van der Waals surface area contributed by atoms with Gasteiger partial charge in [0.15, 0.2) is 11.5 Å². The van der Waals surface area contributed by atoms with Crippen molar-refractivity contribution in [1.82, 2.24) is 9.80 Å². The maximum absolute atomic E-state index is 13.4. The summed E-state index contributed by atoms with van der Waals surface area (Å²) in [7, 11) is 3.21. The van der Waals surface area contributed by atoms with Gasteiger partial charge in [0.1, 0.15) is 6.54 Å². The van der Waals surface area contributed by atoms with Crippen LogP contribution >= 0.6 is 22.7 Å². The summed E-state index contributed by atoms with van der Waals surface area (Å²) in [5.74, 6) is 1.16. The third-order valence-electron chi connectivity index (χ3n) is 5.33. The van der Waals surface area contributed by atoms with Gasteiger partial charge in [-0.2, -0.15) is 0 Å². The summed E-state index contributed by atoms with van der Waals surface area (Å²) >= 11 is 3.15. The number of hydrogen-bond donors (Lipinski definition) is 0. The summed E-state index contributed by atoms with van der Waals surface area (Å²) < 4.78 is 10.7. The van der Waals surface area contributed by atoms with Gasteiger partial charge in [-0.1, -0.05) is 24.3 Å². The van der Waals surface area contributed by atoms with Crippen LogP contribution in [-0.4, -0.2) is 55.5 Å². The van der Waals surface area contributed by atoms with Crippen LogP contribution in [0.1, 0.15) is 15.3 Å². The molecule has 0 aliphatic carbocycles. The molecule has 0 atom stereocenters. The molecule has 6 nitrogen and oxygen atoms in total. The van der Waals surface area contributed by atoms with E-state index in [-0.39, 0.29) is 24.8 Å². The first-order valence-corrected chi connectivity index (χ1v) is 12.7. The molecule has 2 heterocycles. The zero-order chi connectivity index (χ0) is 24.3. The zero-order valence-electron chi connectivity index (χ0n) is 19.6. The van der Waals surface area contributed by atoms with Crippen LogP contribution in [-0.2, 0) is 29.0 Å². The Bertz CT molecular complexity index is 1060. The van der Waals surface area contributed by atoms with Crippen molar-refractivity contribution < 1.29 is 19.1 Å². The van der Waals surface area contributed by atoms with E-state index in [1.165, 1.54) is 11.3 Å². The maximum atomic E-state index is 13.4. The monoisotopic (exact) mass is 498 g/mol. The van der Waals surface area contributed by atoms with Gasteiger partial charge >= 0.3 is 0 Å². The average molecular weight is 499 g/mol. The molecule has 3 aromatic rings. The molecule has 0 fully saturated rings. The molecule has 0 bridgehead atoms. The number of rotatable bonds is 13. The lowest BCUT2D eigenvalue weighted by atomic mass is 10.1. The second kappa shape index (κ2) is 13.0. The highest BCUT2D eigenvalue weighted by Gasteiger charge is 2.22. The van der Waals surface area contributed by atoms with Gasteiger partial charge in [-0.15, -0.1) is 29.3 Å². The van der Waals surface area contributed by atoms with Gasteiger partial charge in [-0.25, -0.2) is 0 Å². The molecule has 0 aliphatic heterocycles. The molecule has 0 saturated heterocycles. The summed E-state index contributed by atoms with van der Waals surface area (Å²) in [4.78, 5) is 31.7. The topological polar surface area (TPSA) is 59.1 Å². The van der Waals surface area contributed by atoms with Crippen molar-refractivity contribution in [3.05, 3.63) is 81.2 Å². The van der Waals surface area contributed by atoms with Crippen LogP contribution in [0.2, 0.25) is 0 Å². The van der Waals surface area contributed by atoms with Crippen molar-refractivity contribution >= 4 is 34.5 Å². The SMILES string of the molecule is C=CCN(CC(=O)N(CCc1ccc(OC)c(OC)c1)Cc1cccs1)C(=O)Cc1cccs1. The molecule has 1 aromatic carbocycles. The van der Waals surface area contributed by atoms with E-state index in [0.717, 1.165) is 15.3 Å². The van der Waals surface area contributed by atoms with Gasteiger partial charge in [0.2, 0.25) is 11.8 Å². The molecule has 0 saturated carbocycles. The molecule has 180 valence electrons. The van der Waals surface area contributed by atoms with Gasteiger partial charge in [0.25, 0.3) is 0 Å². The standard InChI is InChI=1S/C26H30N2O4S2/c1-4-12-27(25(29)17-21-7-5-14-33-21)19-26(30)28(18-22-8-6-15-34-22)13-11-20-9-10-23(31-2)24(16-20)32-3/h4-10,14-16H,1,11-13,17-19H2,2-3H3. The quantitative estimate of drug-likeness (QED) is 0.322. The van der Waals surface area contributed by atoms with Gasteiger partial charge in [0.05, 0.1) is 27.2 Å². The second-order valence-electron chi connectivity index (χ2n) is 7.65. The van der Waals surface area contributed by atoms with Crippen LogP contribution in [0.25, 0.3) is 0 Å². The summed E-state index contributed by atoms with van der Waals surface area (Å²) in [5, 5.41) is 3.95. The van der Waals surface area contributed by atoms with E-state index in [1.807, 2.05) is 58.1 Å². The Morgan fingerprint density at radius 2 is 1.65 bits per heavy atom. The number of ether oxygens (including phenoxy) is 2. The molecule has 0 radical (unpaired) electrons. The summed E-state index contributed by atoms with van der Waals surface area (Å²) in [6.45, 7) is 5.14. The van der Waals surface area contributed by atoms with Gasteiger partial charge in [0, 0.05) is 22.8 Å². The summed E-state index contributed by atoms with van der Waals surface area (Å²) in [6, 6.07) is 13.6. The minimum absolute atomic E-state index is 0.0214. The summed E-state index contributed by atoms with van der Waals surface area (Å²) in [5.41, 5.74) is 1.04. The Kier molecular flexibility index (Phi) is 9.73. The first kappa shape index (κ1) is 25.5. The second-order valence-corrected chi connectivity index (χ2v) is 9.72. The van der Waals surface area contributed by atoms with Crippen molar-refractivity contribution in [2.45, 2.75) is 19.4 Å². The molecular formula is C26H30N2O4S2. The third-order valence-corrected chi connectivity index (χ3v) is 7.07. The number of nitrogens with zero attached hydrogens (tertiary/aromatic N) is 2. The van der Waals surface area contributed by atoms with Crippen LogP contribution in [0.15, 0.2) is 65.9 Å².